The third-order valence-electron chi connectivity index (χ3n) is 3.92. The van der Waals surface area contributed by atoms with Gasteiger partial charge in [-0.1, -0.05) is 29.3 Å². The zero-order valence-corrected chi connectivity index (χ0v) is 12.5. The molecule has 0 bridgehead atoms. The SMILES string of the molecule is Cc1cc(C)cc(CNC(C)c2nnc3n2CCC3)c1. The van der Waals surface area contributed by atoms with E-state index in [4.69, 9.17) is 0 Å². The fourth-order valence-electron chi connectivity index (χ4n) is 3.03. The molecule has 0 saturated heterocycles. The van der Waals surface area contributed by atoms with Gasteiger partial charge in [0.25, 0.3) is 0 Å². The Balaban J connectivity index is 1.68. The first-order valence-electron chi connectivity index (χ1n) is 7.36. The Kier molecular flexibility index (Phi) is 3.57. The highest BCUT2D eigenvalue weighted by Crippen LogP contribution is 2.19. The second-order valence-corrected chi connectivity index (χ2v) is 5.83. The highest BCUT2D eigenvalue weighted by atomic mass is 15.3. The van der Waals surface area contributed by atoms with Crippen LogP contribution in [0.4, 0.5) is 0 Å². The second kappa shape index (κ2) is 5.37. The summed E-state index contributed by atoms with van der Waals surface area (Å²) >= 11 is 0. The van der Waals surface area contributed by atoms with E-state index in [2.05, 4.69) is 59.1 Å². The van der Waals surface area contributed by atoms with Crippen LogP contribution in [0.1, 0.15) is 47.7 Å². The summed E-state index contributed by atoms with van der Waals surface area (Å²) in [7, 11) is 0. The molecule has 1 aliphatic rings. The number of aromatic nitrogens is 3. The molecule has 0 spiro atoms. The Morgan fingerprint density at radius 3 is 2.70 bits per heavy atom. The Labute approximate surface area is 120 Å². The predicted molar refractivity (Wildman–Crippen MR) is 79.5 cm³/mol. The number of aryl methyl sites for hydroxylation is 3. The van der Waals surface area contributed by atoms with E-state index in [9.17, 15) is 0 Å². The molecular weight excluding hydrogens is 248 g/mol. The summed E-state index contributed by atoms with van der Waals surface area (Å²) < 4.78 is 2.26. The van der Waals surface area contributed by atoms with Crippen LogP contribution in [0.3, 0.4) is 0 Å². The fraction of sp³-hybridized carbons (Fsp3) is 0.500. The van der Waals surface area contributed by atoms with E-state index in [1.54, 1.807) is 0 Å². The van der Waals surface area contributed by atoms with Gasteiger partial charge < -0.3 is 9.88 Å². The number of hydrogen-bond donors (Lipinski definition) is 1. The molecule has 1 aromatic heterocycles. The molecule has 20 heavy (non-hydrogen) atoms. The number of nitrogens with one attached hydrogen (secondary N) is 1. The van der Waals surface area contributed by atoms with Crippen LogP contribution in [0.2, 0.25) is 0 Å². The molecule has 3 rings (SSSR count). The molecule has 2 aromatic rings. The normalized spacial score (nSPS) is 15.3. The van der Waals surface area contributed by atoms with Gasteiger partial charge in [0.1, 0.15) is 11.6 Å². The van der Waals surface area contributed by atoms with Crippen LogP contribution >= 0.6 is 0 Å². The summed E-state index contributed by atoms with van der Waals surface area (Å²) in [5.41, 5.74) is 3.96. The summed E-state index contributed by atoms with van der Waals surface area (Å²) in [5, 5.41) is 12.2. The summed E-state index contributed by atoms with van der Waals surface area (Å²) in [4.78, 5) is 0. The summed E-state index contributed by atoms with van der Waals surface area (Å²) in [6.45, 7) is 8.38. The quantitative estimate of drug-likeness (QED) is 0.929. The zero-order chi connectivity index (χ0) is 14.1. The van der Waals surface area contributed by atoms with Gasteiger partial charge in [-0.05, 0) is 32.8 Å². The van der Waals surface area contributed by atoms with Crippen molar-refractivity contribution in [3.05, 3.63) is 46.5 Å². The summed E-state index contributed by atoms with van der Waals surface area (Å²) in [5.74, 6) is 2.21. The first kappa shape index (κ1) is 13.3. The zero-order valence-electron chi connectivity index (χ0n) is 12.5. The molecule has 4 nitrogen and oxygen atoms in total. The largest absolute Gasteiger partial charge is 0.314 e. The first-order chi connectivity index (χ1) is 9.63. The highest BCUT2D eigenvalue weighted by molar-refractivity contribution is 5.28. The standard InChI is InChI=1S/C16H22N4/c1-11-7-12(2)9-14(8-11)10-17-13(3)16-19-18-15-5-4-6-20(15)16/h7-9,13,17H,4-6,10H2,1-3H3. The average molecular weight is 270 g/mol. The van der Waals surface area contributed by atoms with E-state index in [1.165, 1.54) is 23.1 Å². The number of nitrogens with zero attached hydrogens (tertiary/aromatic N) is 3. The summed E-state index contributed by atoms with van der Waals surface area (Å²) in [6, 6.07) is 6.91. The maximum atomic E-state index is 4.34. The molecule has 0 amide bonds. The van der Waals surface area contributed by atoms with Gasteiger partial charge in [0.2, 0.25) is 0 Å². The molecule has 0 aliphatic carbocycles. The molecular formula is C16H22N4. The van der Waals surface area contributed by atoms with Gasteiger partial charge in [-0.2, -0.15) is 0 Å². The lowest BCUT2D eigenvalue weighted by Gasteiger charge is -2.14. The third kappa shape index (κ3) is 2.61. The maximum Gasteiger partial charge on any atom is 0.149 e. The lowest BCUT2D eigenvalue weighted by Crippen LogP contribution is -2.21. The third-order valence-corrected chi connectivity index (χ3v) is 3.92. The van der Waals surface area contributed by atoms with Crippen LogP contribution in [-0.2, 0) is 19.5 Å². The van der Waals surface area contributed by atoms with Crippen molar-refractivity contribution < 1.29 is 0 Å². The highest BCUT2D eigenvalue weighted by Gasteiger charge is 2.20. The Morgan fingerprint density at radius 2 is 1.95 bits per heavy atom. The van der Waals surface area contributed by atoms with Gasteiger partial charge in [0.05, 0.1) is 6.04 Å². The van der Waals surface area contributed by atoms with Crippen molar-refractivity contribution >= 4 is 0 Å². The van der Waals surface area contributed by atoms with E-state index < -0.39 is 0 Å². The molecule has 1 aliphatic heterocycles. The molecule has 4 heteroatoms. The van der Waals surface area contributed by atoms with Crippen LogP contribution < -0.4 is 5.32 Å². The van der Waals surface area contributed by atoms with Gasteiger partial charge in [0.15, 0.2) is 0 Å². The molecule has 1 atom stereocenters. The van der Waals surface area contributed by atoms with E-state index in [-0.39, 0.29) is 6.04 Å². The summed E-state index contributed by atoms with van der Waals surface area (Å²) in [6.07, 6.45) is 2.26. The Bertz CT molecular complexity index is 595. The van der Waals surface area contributed by atoms with Gasteiger partial charge in [-0.15, -0.1) is 10.2 Å². The van der Waals surface area contributed by atoms with Crippen LogP contribution in [0.15, 0.2) is 18.2 Å². The van der Waals surface area contributed by atoms with Crippen LogP contribution in [0.25, 0.3) is 0 Å². The van der Waals surface area contributed by atoms with Gasteiger partial charge >= 0.3 is 0 Å². The van der Waals surface area contributed by atoms with Crippen LogP contribution in [-0.4, -0.2) is 14.8 Å². The molecule has 1 unspecified atom stereocenters. The molecule has 106 valence electrons. The topological polar surface area (TPSA) is 42.7 Å². The molecule has 1 aromatic carbocycles. The minimum absolute atomic E-state index is 0.232. The maximum absolute atomic E-state index is 4.34. The van der Waals surface area contributed by atoms with Crippen LogP contribution in [0, 0.1) is 13.8 Å². The van der Waals surface area contributed by atoms with Gasteiger partial charge in [0, 0.05) is 19.5 Å². The number of rotatable bonds is 4. The van der Waals surface area contributed by atoms with E-state index >= 15 is 0 Å². The molecule has 0 fully saturated rings. The van der Waals surface area contributed by atoms with Crippen molar-refractivity contribution in [3.63, 3.8) is 0 Å². The number of benzene rings is 1. The molecule has 1 N–H and O–H groups in total. The minimum atomic E-state index is 0.232. The van der Waals surface area contributed by atoms with Crippen LogP contribution in [0.5, 0.6) is 0 Å². The van der Waals surface area contributed by atoms with Crippen molar-refractivity contribution in [1.29, 1.82) is 0 Å². The number of hydrogen-bond acceptors (Lipinski definition) is 3. The van der Waals surface area contributed by atoms with E-state index in [0.29, 0.717) is 0 Å². The van der Waals surface area contributed by atoms with Crippen molar-refractivity contribution in [3.8, 4) is 0 Å². The van der Waals surface area contributed by atoms with E-state index in [0.717, 1.165) is 31.2 Å². The number of fused-ring (bicyclic) bond motifs is 1. The smallest absolute Gasteiger partial charge is 0.149 e. The predicted octanol–water partition coefficient (Wildman–Crippen LogP) is 2.69. The average Bonchev–Trinajstić information content (AvgIpc) is 2.96. The first-order valence-corrected chi connectivity index (χ1v) is 7.36. The van der Waals surface area contributed by atoms with Crippen molar-refractivity contribution in [1.82, 2.24) is 20.1 Å². The minimum Gasteiger partial charge on any atom is -0.314 e. The Morgan fingerprint density at radius 1 is 1.20 bits per heavy atom. The molecule has 2 heterocycles. The van der Waals surface area contributed by atoms with Crippen molar-refractivity contribution in [2.24, 2.45) is 0 Å². The monoisotopic (exact) mass is 270 g/mol. The lowest BCUT2D eigenvalue weighted by molar-refractivity contribution is 0.515. The van der Waals surface area contributed by atoms with Crippen molar-refractivity contribution in [2.45, 2.75) is 52.7 Å². The van der Waals surface area contributed by atoms with Gasteiger partial charge in [-0.25, -0.2) is 0 Å². The van der Waals surface area contributed by atoms with Gasteiger partial charge in [-0.3, -0.25) is 0 Å². The Hall–Kier alpha value is -1.68. The molecule has 0 radical (unpaired) electrons. The van der Waals surface area contributed by atoms with Crippen molar-refractivity contribution in [2.75, 3.05) is 0 Å². The second-order valence-electron chi connectivity index (χ2n) is 5.83. The molecule has 0 saturated carbocycles. The lowest BCUT2D eigenvalue weighted by atomic mass is 10.1. The fourth-order valence-corrected chi connectivity index (χ4v) is 3.03. The van der Waals surface area contributed by atoms with E-state index in [1.807, 2.05) is 0 Å².